The molecule has 118 valence electrons. The smallest absolute Gasteiger partial charge is 0.263 e. The highest BCUT2D eigenvalue weighted by molar-refractivity contribution is 7.92. The molecule has 5 nitrogen and oxygen atoms in total. The molecule has 22 heavy (non-hydrogen) atoms. The molecular formula is C16H20N2O3S. The highest BCUT2D eigenvalue weighted by Crippen LogP contribution is 2.27. The fraction of sp³-hybridized carbons (Fsp3) is 0.312. The lowest BCUT2D eigenvalue weighted by Crippen LogP contribution is -2.15. The summed E-state index contributed by atoms with van der Waals surface area (Å²) in [7, 11) is -3.71. The van der Waals surface area contributed by atoms with E-state index in [9.17, 15) is 8.42 Å². The molecule has 1 aromatic carbocycles. The Balaban J connectivity index is 2.42. The minimum Gasteiger partial charge on any atom is -0.494 e. The molecule has 0 saturated heterocycles. The van der Waals surface area contributed by atoms with Crippen molar-refractivity contribution in [2.24, 2.45) is 0 Å². The highest BCUT2D eigenvalue weighted by Gasteiger charge is 2.19. The van der Waals surface area contributed by atoms with E-state index >= 15 is 0 Å². The van der Waals surface area contributed by atoms with Crippen LogP contribution in [0.15, 0.2) is 35.4 Å². The Kier molecular flexibility index (Phi) is 4.71. The van der Waals surface area contributed by atoms with Gasteiger partial charge in [0.05, 0.1) is 11.5 Å². The van der Waals surface area contributed by atoms with Crippen molar-refractivity contribution in [2.75, 3.05) is 11.3 Å². The van der Waals surface area contributed by atoms with Crippen molar-refractivity contribution in [3.63, 3.8) is 0 Å². The maximum Gasteiger partial charge on any atom is 0.263 e. The van der Waals surface area contributed by atoms with Gasteiger partial charge >= 0.3 is 0 Å². The summed E-state index contributed by atoms with van der Waals surface area (Å²) >= 11 is 0. The first-order valence-electron chi connectivity index (χ1n) is 7.03. The van der Waals surface area contributed by atoms with Crippen LogP contribution in [0.4, 0.5) is 5.82 Å². The SMILES string of the molecule is CCOc1cc(S(=O)(=O)Nc2cc(C)ccn2)c(C)cc1C. The molecule has 0 atom stereocenters. The first-order valence-corrected chi connectivity index (χ1v) is 8.51. The second-order valence-corrected chi connectivity index (χ2v) is 6.79. The van der Waals surface area contributed by atoms with Gasteiger partial charge in [-0.1, -0.05) is 6.07 Å². The Morgan fingerprint density at radius 3 is 2.50 bits per heavy atom. The summed E-state index contributed by atoms with van der Waals surface area (Å²) in [5, 5.41) is 0. The average Bonchev–Trinajstić information content (AvgIpc) is 2.41. The Hall–Kier alpha value is -2.08. The fourth-order valence-electron chi connectivity index (χ4n) is 2.20. The zero-order chi connectivity index (χ0) is 16.3. The summed E-state index contributed by atoms with van der Waals surface area (Å²) < 4.78 is 33.2. The van der Waals surface area contributed by atoms with E-state index < -0.39 is 10.0 Å². The van der Waals surface area contributed by atoms with E-state index in [4.69, 9.17) is 4.74 Å². The zero-order valence-electron chi connectivity index (χ0n) is 13.2. The monoisotopic (exact) mass is 320 g/mol. The molecule has 0 fully saturated rings. The lowest BCUT2D eigenvalue weighted by molar-refractivity contribution is 0.337. The Morgan fingerprint density at radius 1 is 1.14 bits per heavy atom. The van der Waals surface area contributed by atoms with Crippen LogP contribution in [-0.4, -0.2) is 20.0 Å². The molecule has 2 rings (SSSR count). The molecule has 0 saturated carbocycles. The summed E-state index contributed by atoms with van der Waals surface area (Å²) in [5.41, 5.74) is 2.51. The number of sulfonamides is 1. The van der Waals surface area contributed by atoms with E-state index in [-0.39, 0.29) is 4.90 Å². The highest BCUT2D eigenvalue weighted by atomic mass is 32.2. The van der Waals surface area contributed by atoms with Crippen molar-refractivity contribution in [3.05, 3.63) is 47.2 Å². The zero-order valence-corrected chi connectivity index (χ0v) is 14.0. The Labute approximate surface area is 131 Å². The van der Waals surface area contributed by atoms with Crippen LogP contribution in [0.5, 0.6) is 5.75 Å². The van der Waals surface area contributed by atoms with Gasteiger partial charge in [-0.15, -0.1) is 0 Å². The number of hydrogen-bond donors (Lipinski definition) is 1. The fourth-order valence-corrected chi connectivity index (χ4v) is 3.44. The maximum atomic E-state index is 12.6. The number of aryl methyl sites for hydroxylation is 3. The van der Waals surface area contributed by atoms with Gasteiger partial charge in [-0.3, -0.25) is 4.72 Å². The van der Waals surface area contributed by atoms with Crippen LogP contribution in [0.1, 0.15) is 23.6 Å². The van der Waals surface area contributed by atoms with Crippen LogP contribution < -0.4 is 9.46 Å². The second kappa shape index (κ2) is 6.36. The molecule has 0 amide bonds. The number of aromatic nitrogens is 1. The second-order valence-electron chi connectivity index (χ2n) is 5.14. The standard InChI is InChI=1S/C16H20N2O3S/c1-5-21-14-10-15(13(4)9-12(14)3)22(19,20)18-16-8-11(2)6-7-17-16/h6-10H,5H2,1-4H3,(H,17,18). The van der Waals surface area contributed by atoms with E-state index in [2.05, 4.69) is 9.71 Å². The average molecular weight is 320 g/mol. The van der Waals surface area contributed by atoms with Gasteiger partial charge in [0.25, 0.3) is 10.0 Å². The number of nitrogens with one attached hydrogen (secondary N) is 1. The molecule has 1 aromatic heterocycles. The minimum absolute atomic E-state index is 0.199. The molecule has 6 heteroatoms. The largest absolute Gasteiger partial charge is 0.494 e. The van der Waals surface area contributed by atoms with Crippen LogP contribution in [0.2, 0.25) is 0 Å². The molecular weight excluding hydrogens is 300 g/mol. The lowest BCUT2D eigenvalue weighted by Gasteiger charge is -2.14. The third kappa shape index (κ3) is 3.57. The predicted molar refractivity (Wildman–Crippen MR) is 86.9 cm³/mol. The molecule has 2 aromatic rings. The number of anilines is 1. The van der Waals surface area contributed by atoms with Crippen LogP contribution >= 0.6 is 0 Å². The third-order valence-corrected chi connectivity index (χ3v) is 4.71. The molecule has 1 N–H and O–H groups in total. The summed E-state index contributed by atoms with van der Waals surface area (Å²) in [5.74, 6) is 0.878. The number of pyridine rings is 1. The molecule has 0 spiro atoms. The molecule has 1 heterocycles. The van der Waals surface area contributed by atoms with Crippen LogP contribution in [0.25, 0.3) is 0 Å². The van der Waals surface area contributed by atoms with Crippen molar-refractivity contribution in [1.82, 2.24) is 4.98 Å². The summed E-state index contributed by atoms with van der Waals surface area (Å²) in [6.07, 6.45) is 1.57. The van der Waals surface area contributed by atoms with Crippen LogP contribution in [0, 0.1) is 20.8 Å². The van der Waals surface area contributed by atoms with E-state index in [1.807, 2.05) is 32.9 Å². The normalized spacial score (nSPS) is 11.3. The van der Waals surface area contributed by atoms with Crippen molar-refractivity contribution in [2.45, 2.75) is 32.6 Å². The molecule has 0 aliphatic carbocycles. The van der Waals surface area contributed by atoms with Gasteiger partial charge in [0, 0.05) is 12.3 Å². The van der Waals surface area contributed by atoms with Gasteiger partial charge in [0.1, 0.15) is 11.6 Å². The first kappa shape index (κ1) is 16.3. The number of hydrogen-bond acceptors (Lipinski definition) is 4. The first-order chi connectivity index (χ1) is 10.3. The maximum absolute atomic E-state index is 12.6. The summed E-state index contributed by atoms with van der Waals surface area (Å²) in [6.45, 7) is 7.88. The van der Waals surface area contributed by atoms with E-state index in [1.54, 1.807) is 25.3 Å². The molecule has 0 unspecified atom stereocenters. The molecule has 0 bridgehead atoms. The third-order valence-electron chi connectivity index (χ3n) is 3.22. The lowest BCUT2D eigenvalue weighted by atomic mass is 10.1. The number of rotatable bonds is 5. The minimum atomic E-state index is -3.71. The van der Waals surface area contributed by atoms with Crippen molar-refractivity contribution < 1.29 is 13.2 Å². The predicted octanol–water partition coefficient (Wildman–Crippen LogP) is 3.21. The van der Waals surface area contributed by atoms with Gasteiger partial charge < -0.3 is 4.74 Å². The van der Waals surface area contributed by atoms with Gasteiger partial charge in [-0.05, 0) is 56.5 Å². The van der Waals surface area contributed by atoms with Gasteiger partial charge in [0.2, 0.25) is 0 Å². The van der Waals surface area contributed by atoms with Gasteiger partial charge in [-0.2, -0.15) is 0 Å². The Morgan fingerprint density at radius 2 is 1.86 bits per heavy atom. The summed E-state index contributed by atoms with van der Waals surface area (Å²) in [6, 6.07) is 6.86. The summed E-state index contributed by atoms with van der Waals surface area (Å²) in [4.78, 5) is 4.23. The molecule has 0 aliphatic heterocycles. The van der Waals surface area contributed by atoms with E-state index in [0.29, 0.717) is 23.7 Å². The van der Waals surface area contributed by atoms with Crippen LogP contribution in [-0.2, 0) is 10.0 Å². The Bertz CT molecular complexity index is 786. The van der Waals surface area contributed by atoms with Crippen molar-refractivity contribution in [3.8, 4) is 5.75 Å². The van der Waals surface area contributed by atoms with Gasteiger partial charge in [-0.25, -0.2) is 13.4 Å². The van der Waals surface area contributed by atoms with E-state index in [1.165, 1.54) is 0 Å². The topological polar surface area (TPSA) is 68.3 Å². The number of nitrogens with zero attached hydrogens (tertiary/aromatic N) is 1. The van der Waals surface area contributed by atoms with Crippen molar-refractivity contribution in [1.29, 1.82) is 0 Å². The number of benzene rings is 1. The van der Waals surface area contributed by atoms with E-state index in [0.717, 1.165) is 11.1 Å². The van der Waals surface area contributed by atoms with Crippen LogP contribution in [0.3, 0.4) is 0 Å². The quantitative estimate of drug-likeness (QED) is 0.918. The number of ether oxygens (including phenoxy) is 1. The molecule has 0 aliphatic rings. The van der Waals surface area contributed by atoms with Crippen molar-refractivity contribution >= 4 is 15.8 Å². The van der Waals surface area contributed by atoms with Gasteiger partial charge in [0.15, 0.2) is 0 Å². The molecule has 0 radical (unpaired) electrons.